The molecule has 0 aliphatic carbocycles. The van der Waals surface area contributed by atoms with Crippen molar-refractivity contribution < 1.29 is 19.4 Å². The van der Waals surface area contributed by atoms with Gasteiger partial charge in [0.15, 0.2) is 0 Å². The molecule has 2 aliphatic rings. The summed E-state index contributed by atoms with van der Waals surface area (Å²) in [5, 5.41) is 10.7. The van der Waals surface area contributed by atoms with Crippen molar-refractivity contribution >= 4 is 23.6 Å². The van der Waals surface area contributed by atoms with Crippen molar-refractivity contribution in [3.8, 4) is 0 Å². The Morgan fingerprint density at radius 3 is 2.26 bits per heavy atom. The molecule has 0 radical (unpaired) electrons. The number of fused-ring (bicyclic) bond motifs is 2. The third-order valence-electron chi connectivity index (χ3n) is 7.10. The van der Waals surface area contributed by atoms with E-state index in [0.29, 0.717) is 37.6 Å². The Hall–Kier alpha value is -3.35. The summed E-state index contributed by atoms with van der Waals surface area (Å²) < 4.78 is 6.21. The third kappa shape index (κ3) is 4.64. The molecule has 180 valence electrons. The molecule has 2 amide bonds. The van der Waals surface area contributed by atoms with Crippen molar-refractivity contribution in [3.63, 3.8) is 0 Å². The van der Waals surface area contributed by atoms with E-state index in [0.717, 1.165) is 11.1 Å². The smallest absolute Gasteiger partial charge is 0.408 e. The second-order valence-corrected chi connectivity index (χ2v) is 9.53. The van der Waals surface area contributed by atoms with Crippen molar-refractivity contribution in [1.82, 2.24) is 9.80 Å². The van der Waals surface area contributed by atoms with Crippen LogP contribution in [0.4, 0.5) is 4.79 Å². The van der Waals surface area contributed by atoms with E-state index in [-0.39, 0.29) is 18.1 Å². The van der Waals surface area contributed by atoms with Gasteiger partial charge in [0, 0.05) is 18.1 Å². The van der Waals surface area contributed by atoms with Crippen LogP contribution in [-0.2, 0) is 21.7 Å². The van der Waals surface area contributed by atoms with Crippen molar-refractivity contribution in [1.29, 1.82) is 0 Å². The van der Waals surface area contributed by atoms with Gasteiger partial charge in [0.1, 0.15) is 6.54 Å². The van der Waals surface area contributed by atoms with E-state index in [4.69, 9.17) is 16.3 Å². The normalized spacial score (nSPS) is 17.1. The van der Waals surface area contributed by atoms with Crippen LogP contribution < -0.4 is 0 Å². The molecule has 2 aliphatic heterocycles. The zero-order chi connectivity index (χ0) is 24.4. The van der Waals surface area contributed by atoms with Crippen molar-refractivity contribution in [2.75, 3.05) is 19.6 Å². The second-order valence-electron chi connectivity index (χ2n) is 9.10. The minimum absolute atomic E-state index is 0.205. The van der Waals surface area contributed by atoms with E-state index in [1.807, 2.05) is 42.5 Å². The van der Waals surface area contributed by atoms with Gasteiger partial charge in [-0.3, -0.25) is 9.69 Å². The zero-order valence-corrected chi connectivity index (χ0v) is 20.0. The number of likely N-dealkylation sites (tertiary alicyclic amines) is 1. The number of carbonyl (C=O) groups is 2. The average Bonchev–Trinajstić information content (AvgIpc) is 3.23. The maximum Gasteiger partial charge on any atom is 0.408 e. The number of carboxylic acid groups (broad SMARTS) is 1. The molecule has 1 N–H and O–H groups in total. The number of benzene rings is 3. The molecule has 1 spiro atoms. The minimum atomic E-state index is -1.15. The Labute approximate surface area is 209 Å². The van der Waals surface area contributed by atoms with Gasteiger partial charge in [0.05, 0.1) is 18.2 Å². The van der Waals surface area contributed by atoms with Crippen LogP contribution in [0.2, 0.25) is 5.02 Å². The van der Waals surface area contributed by atoms with Gasteiger partial charge in [0.25, 0.3) is 0 Å². The molecule has 1 saturated heterocycles. The summed E-state index contributed by atoms with van der Waals surface area (Å²) in [5.41, 5.74) is 3.61. The van der Waals surface area contributed by atoms with E-state index in [1.165, 1.54) is 16.0 Å². The first kappa shape index (κ1) is 23.4. The van der Waals surface area contributed by atoms with E-state index < -0.39 is 12.1 Å². The van der Waals surface area contributed by atoms with E-state index in [9.17, 15) is 14.7 Å². The Balaban J connectivity index is 1.35. The lowest BCUT2D eigenvalue weighted by Crippen LogP contribution is -2.49. The van der Waals surface area contributed by atoms with Gasteiger partial charge in [-0.25, -0.2) is 4.79 Å². The van der Waals surface area contributed by atoms with Gasteiger partial charge >= 0.3 is 6.09 Å². The standard InChI is InChI=1S/C28H27ClN2O4/c29-23-12-10-21(11-13-23)26(20-6-2-1-3-7-20)31(27(33)34)18-25(32)30-16-14-28(15-17-30)24-9-5-4-8-22(24)19-35-28/h1-13,26H,14-19H2,(H,33,34). The van der Waals surface area contributed by atoms with E-state index >= 15 is 0 Å². The summed E-state index contributed by atoms with van der Waals surface area (Å²) in [6.07, 6.45) is 0.244. The van der Waals surface area contributed by atoms with Gasteiger partial charge in [-0.2, -0.15) is 0 Å². The van der Waals surface area contributed by atoms with Crippen LogP contribution in [-0.4, -0.2) is 46.5 Å². The quantitative estimate of drug-likeness (QED) is 0.515. The highest BCUT2D eigenvalue weighted by Gasteiger charge is 2.43. The molecule has 0 saturated carbocycles. The first-order chi connectivity index (χ1) is 17.0. The van der Waals surface area contributed by atoms with Gasteiger partial charge in [-0.05, 0) is 47.2 Å². The van der Waals surface area contributed by atoms with Crippen LogP contribution in [0.15, 0.2) is 78.9 Å². The topological polar surface area (TPSA) is 70.1 Å². The van der Waals surface area contributed by atoms with Crippen LogP contribution in [0.3, 0.4) is 0 Å². The summed E-state index contributed by atoms with van der Waals surface area (Å²) in [4.78, 5) is 28.7. The van der Waals surface area contributed by atoms with Crippen molar-refractivity contribution in [2.45, 2.75) is 31.1 Å². The second kappa shape index (κ2) is 9.72. The highest BCUT2D eigenvalue weighted by atomic mass is 35.5. The number of rotatable bonds is 5. The summed E-state index contributed by atoms with van der Waals surface area (Å²) in [7, 11) is 0. The molecule has 3 aromatic carbocycles. The molecule has 1 fully saturated rings. The molecule has 1 atom stereocenters. The predicted octanol–water partition coefficient (Wildman–Crippen LogP) is 5.46. The van der Waals surface area contributed by atoms with Gasteiger partial charge in [0.2, 0.25) is 5.91 Å². The largest absolute Gasteiger partial charge is 0.465 e. The molecule has 35 heavy (non-hydrogen) atoms. The number of ether oxygens (including phenoxy) is 1. The Kier molecular flexibility index (Phi) is 6.50. The first-order valence-electron chi connectivity index (χ1n) is 11.8. The number of piperidine rings is 1. The molecular formula is C28H27ClN2O4. The van der Waals surface area contributed by atoms with E-state index in [1.54, 1.807) is 29.2 Å². The number of amides is 2. The lowest BCUT2D eigenvalue weighted by molar-refractivity contribution is -0.139. The minimum Gasteiger partial charge on any atom is -0.465 e. The van der Waals surface area contributed by atoms with Crippen LogP contribution in [0.1, 0.15) is 41.1 Å². The number of hydrogen-bond acceptors (Lipinski definition) is 3. The van der Waals surface area contributed by atoms with Crippen LogP contribution in [0, 0.1) is 0 Å². The predicted molar refractivity (Wildman–Crippen MR) is 133 cm³/mol. The zero-order valence-electron chi connectivity index (χ0n) is 19.3. The highest BCUT2D eigenvalue weighted by Crippen LogP contribution is 2.44. The average molecular weight is 491 g/mol. The molecule has 1 unspecified atom stereocenters. The van der Waals surface area contributed by atoms with Gasteiger partial charge < -0.3 is 14.7 Å². The molecular weight excluding hydrogens is 464 g/mol. The summed E-state index contributed by atoms with van der Waals surface area (Å²) in [5.74, 6) is -0.205. The monoisotopic (exact) mass is 490 g/mol. The van der Waals surface area contributed by atoms with Gasteiger partial charge in [-0.15, -0.1) is 0 Å². The Bertz CT molecular complexity index is 1210. The maximum absolute atomic E-state index is 13.3. The van der Waals surface area contributed by atoms with Crippen LogP contribution in [0.5, 0.6) is 0 Å². The third-order valence-corrected chi connectivity index (χ3v) is 7.35. The summed E-state index contributed by atoms with van der Waals surface area (Å²) in [6, 6.07) is 24.1. The fraction of sp³-hybridized carbons (Fsp3) is 0.286. The molecule has 6 nitrogen and oxygen atoms in total. The molecule has 0 bridgehead atoms. The number of nitrogens with zero attached hydrogens (tertiary/aromatic N) is 2. The number of carbonyl (C=O) groups excluding carboxylic acids is 1. The van der Waals surface area contributed by atoms with Crippen molar-refractivity contribution in [2.24, 2.45) is 0 Å². The molecule has 2 heterocycles. The first-order valence-corrected chi connectivity index (χ1v) is 12.1. The fourth-order valence-corrected chi connectivity index (χ4v) is 5.39. The lowest BCUT2D eigenvalue weighted by Gasteiger charge is -2.40. The number of hydrogen-bond donors (Lipinski definition) is 1. The van der Waals surface area contributed by atoms with Crippen molar-refractivity contribution in [3.05, 3.63) is 106 Å². The summed E-state index contributed by atoms with van der Waals surface area (Å²) >= 11 is 6.07. The SMILES string of the molecule is O=C(CN(C(=O)O)C(c1ccccc1)c1ccc(Cl)cc1)N1CCC2(CC1)OCc1ccccc12. The van der Waals surface area contributed by atoms with Crippen LogP contribution >= 0.6 is 11.6 Å². The Morgan fingerprint density at radius 2 is 1.57 bits per heavy atom. The maximum atomic E-state index is 13.3. The number of halogens is 1. The van der Waals surface area contributed by atoms with E-state index in [2.05, 4.69) is 12.1 Å². The highest BCUT2D eigenvalue weighted by molar-refractivity contribution is 6.30. The molecule has 3 aromatic rings. The molecule has 5 rings (SSSR count). The Morgan fingerprint density at radius 1 is 0.943 bits per heavy atom. The van der Waals surface area contributed by atoms with Gasteiger partial charge in [-0.1, -0.05) is 78.3 Å². The van der Waals surface area contributed by atoms with Crippen LogP contribution in [0.25, 0.3) is 0 Å². The molecule has 7 heteroatoms. The summed E-state index contributed by atoms with van der Waals surface area (Å²) in [6.45, 7) is 1.41. The lowest BCUT2D eigenvalue weighted by atomic mass is 9.84. The molecule has 0 aromatic heterocycles. The fourth-order valence-electron chi connectivity index (χ4n) is 5.26.